The fourth-order valence-corrected chi connectivity index (χ4v) is 2.54. The van der Waals surface area contributed by atoms with Gasteiger partial charge in [-0.05, 0) is 31.0 Å². The normalized spacial score (nSPS) is 20.8. The molecule has 18 heavy (non-hydrogen) atoms. The van der Waals surface area contributed by atoms with Crippen molar-refractivity contribution in [3.8, 4) is 0 Å². The Morgan fingerprint density at radius 3 is 2.56 bits per heavy atom. The lowest BCUT2D eigenvalue weighted by Gasteiger charge is -2.41. The third-order valence-corrected chi connectivity index (χ3v) is 3.65. The van der Waals surface area contributed by atoms with Crippen LogP contribution in [0.25, 0.3) is 0 Å². The van der Waals surface area contributed by atoms with Gasteiger partial charge >= 0.3 is 0 Å². The summed E-state index contributed by atoms with van der Waals surface area (Å²) in [5.74, 6) is 0. The van der Waals surface area contributed by atoms with Crippen LogP contribution in [0.4, 0.5) is 0 Å². The topological polar surface area (TPSA) is 49.5 Å². The van der Waals surface area contributed by atoms with Gasteiger partial charge in [-0.25, -0.2) is 0 Å². The van der Waals surface area contributed by atoms with Crippen molar-refractivity contribution in [2.24, 2.45) is 5.73 Å². The molecule has 0 radical (unpaired) electrons. The van der Waals surface area contributed by atoms with E-state index in [0.717, 1.165) is 6.42 Å². The number of hydrogen-bond donors (Lipinski definition) is 2. The fourth-order valence-electron chi connectivity index (χ4n) is 2.29. The van der Waals surface area contributed by atoms with Crippen molar-refractivity contribution in [2.75, 3.05) is 26.7 Å². The molecule has 0 aromatic heterocycles. The number of benzene rings is 1. The highest BCUT2D eigenvalue weighted by atomic mass is 31.0. The van der Waals surface area contributed by atoms with Gasteiger partial charge in [0.25, 0.3) is 0 Å². The van der Waals surface area contributed by atoms with Crippen molar-refractivity contribution in [3.63, 3.8) is 0 Å². The average molecular weight is 272 g/mol. The Kier molecular flexibility index (Phi) is 6.24. The van der Waals surface area contributed by atoms with E-state index in [2.05, 4.69) is 33.1 Å². The molecular weight excluding hydrogens is 243 g/mol. The number of rotatable bonds is 4. The molecule has 0 fully saturated rings. The maximum atomic E-state index is 9.20. The monoisotopic (exact) mass is 272 g/mol. The Balaban J connectivity index is 0.000000404. The van der Waals surface area contributed by atoms with Crippen LogP contribution in [-0.4, -0.2) is 36.5 Å². The predicted octanol–water partition coefficient (Wildman–Crippen LogP) is 1.80. The zero-order chi connectivity index (χ0) is 13.6. The lowest BCUT2D eigenvalue weighted by atomic mass is 9.64. The molecule has 1 aliphatic carbocycles. The lowest BCUT2D eigenvalue weighted by Crippen LogP contribution is -2.48. The first kappa shape index (κ1) is 15.6. The molecule has 0 saturated carbocycles. The quantitative estimate of drug-likeness (QED) is 0.822. The Morgan fingerprint density at radius 2 is 2.17 bits per heavy atom. The highest BCUT2D eigenvalue weighted by Crippen LogP contribution is 2.39. The molecule has 0 saturated heterocycles. The van der Waals surface area contributed by atoms with Gasteiger partial charge in [-0.15, -0.1) is 0 Å². The van der Waals surface area contributed by atoms with Crippen LogP contribution in [0.1, 0.15) is 25.9 Å². The van der Waals surface area contributed by atoms with Crippen LogP contribution in [0, 0.1) is 0 Å². The van der Waals surface area contributed by atoms with E-state index in [-0.39, 0.29) is 13.4 Å². The number of fused-ring (bicyclic) bond motifs is 1. The van der Waals surface area contributed by atoms with Crippen molar-refractivity contribution >= 4 is 9.39 Å². The largest absolute Gasteiger partial charge is 0.395 e. The van der Waals surface area contributed by atoms with Gasteiger partial charge in [-0.3, -0.25) is 4.67 Å². The molecule has 0 bridgehead atoms. The molecule has 1 aromatic carbocycles. The molecule has 1 aliphatic rings. The molecule has 0 aliphatic heterocycles. The third kappa shape index (κ3) is 3.52. The van der Waals surface area contributed by atoms with Crippen molar-refractivity contribution in [1.29, 1.82) is 0 Å². The van der Waals surface area contributed by atoms with Gasteiger partial charge in [-0.1, -0.05) is 40.6 Å². The lowest BCUT2D eigenvalue weighted by molar-refractivity contribution is 0.177. The van der Waals surface area contributed by atoms with Crippen molar-refractivity contribution in [3.05, 3.63) is 35.4 Å². The molecule has 0 heterocycles. The van der Waals surface area contributed by atoms with E-state index < -0.39 is 0 Å². The molecule has 104 valence electrons. The minimum atomic E-state index is -0.128. The number of nitrogens with zero attached hydrogens (tertiary/aromatic N) is 1. The van der Waals surface area contributed by atoms with E-state index in [9.17, 15) is 5.11 Å². The van der Waals surface area contributed by atoms with Gasteiger partial charge < -0.3 is 10.8 Å². The molecule has 2 rings (SSSR count). The van der Waals surface area contributed by atoms with Gasteiger partial charge in [-0.2, -0.15) is 0 Å². The molecule has 3 nitrogen and oxygen atoms in total. The van der Waals surface area contributed by atoms with E-state index in [1.54, 1.807) is 0 Å². The minimum Gasteiger partial charge on any atom is -0.395 e. The minimum absolute atomic E-state index is 0. The van der Waals surface area contributed by atoms with Gasteiger partial charge in [0.2, 0.25) is 0 Å². The predicted molar refractivity (Wildman–Crippen MR) is 82.7 cm³/mol. The second-order valence-electron chi connectivity index (χ2n) is 4.96. The summed E-state index contributed by atoms with van der Waals surface area (Å²) in [5.41, 5.74) is 8.07. The van der Waals surface area contributed by atoms with E-state index in [0.29, 0.717) is 6.54 Å². The fraction of sp³-hybridized carbons (Fsp3) is 0.571. The summed E-state index contributed by atoms with van der Waals surface area (Å²) in [6, 6.07) is 8.18. The van der Waals surface area contributed by atoms with Crippen molar-refractivity contribution < 1.29 is 6.53 Å². The summed E-state index contributed by atoms with van der Waals surface area (Å²) in [6.07, 6.45) is 2.16. The van der Waals surface area contributed by atoms with Crippen LogP contribution in [0.5, 0.6) is 0 Å². The number of aliphatic hydroxyl groups excluding tert-OH is 1. The summed E-state index contributed by atoms with van der Waals surface area (Å²) in [7, 11) is 4.66. The third-order valence-electron chi connectivity index (χ3n) is 3.39. The Bertz CT molecular complexity index is 370. The Labute approximate surface area is 114 Å². The molecule has 0 amide bonds. The van der Waals surface area contributed by atoms with Crippen LogP contribution >= 0.6 is 9.39 Å². The number of aliphatic hydroxyl groups is 1. The van der Waals surface area contributed by atoms with Crippen LogP contribution < -0.4 is 5.73 Å². The smallest absolute Gasteiger partial charge is 0.0543 e. The van der Waals surface area contributed by atoms with Crippen LogP contribution in [-0.2, 0) is 11.8 Å². The standard InChI is InChI=1S/C10H13NO.C4H12NP.H2/c11-6-10(7-12)5-8-3-1-2-4-9(8)10;1-3-4-5(2)6;/h1-4,12H,5-7,11H2;3-4,6H2,1-2H3;1H/i;;1+2. The SMILES string of the molecule is CCCN(C)P.NCC1(CO)Cc2ccccc21.[3HH]. The first-order valence-corrected chi connectivity index (χ1v) is 6.96. The molecule has 3 N–H and O–H groups in total. The number of hydrogen-bond acceptors (Lipinski definition) is 3. The molecule has 2 unspecified atom stereocenters. The highest BCUT2D eigenvalue weighted by molar-refractivity contribution is 7.13. The number of nitrogens with two attached hydrogens (primary N) is 1. The van der Waals surface area contributed by atoms with Gasteiger partial charge in [0.1, 0.15) is 0 Å². The molecule has 4 heteroatoms. The summed E-state index contributed by atoms with van der Waals surface area (Å²) in [5, 5.41) is 9.20. The van der Waals surface area contributed by atoms with Gasteiger partial charge in [0, 0.05) is 19.9 Å². The van der Waals surface area contributed by atoms with E-state index in [1.165, 1.54) is 24.1 Å². The second kappa shape index (κ2) is 7.20. The van der Waals surface area contributed by atoms with Crippen molar-refractivity contribution in [2.45, 2.75) is 25.2 Å². The van der Waals surface area contributed by atoms with E-state index in [1.807, 2.05) is 19.2 Å². The highest BCUT2D eigenvalue weighted by Gasteiger charge is 2.40. The summed E-state index contributed by atoms with van der Waals surface area (Å²) in [4.78, 5) is 0. The van der Waals surface area contributed by atoms with Crippen LogP contribution in [0.3, 0.4) is 0 Å². The molecule has 1 aromatic rings. The summed E-state index contributed by atoms with van der Waals surface area (Å²) in [6.45, 7) is 4.05. The molecule has 2 atom stereocenters. The maximum absolute atomic E-state index is 9.20. The summed E-state index contributed by atoms with van der Waals surface area (Å²) < 4.78 is 2.10. The second-order valence-corrected chi connectivity index (χ2v) is 5.84. The van der Waals surface area contributed by atoms with E-state index in [4.69, 9.17) is 5.73 Å². The average Bonchev–Trinajstić information content (AvgIpc) is 2.33. The van der Waals surface area contributed by atoms with Crippen molar-refractivity contribution in [1.82, 2.24) is 4.67 Å². The zero-order valence-electron chi connectivity index (χ0n) is 11.4. The molecular formula is C14H27N2OP. The van der Waals surface area contributed by atoms with E-state index >= 15 is 0 Å². The summed E-state index contributed by atoms with van der Waals surface area (Å²) >= 11 is 0. The molecule has 0 spiro atoms. The first-order chi connectivity index (χ1) is 8.59. The van der Waals surface area contributed by atoms with Crippen LogP contribution in [0.2, 0.25) is 0 Å². The zero-order valence-corrected chi connectivity index (χ0v) is 12.5. The van der Waals surface area contributed by atoms with Gasteiger partial charge in [0.05, 0.1) is 6.61 Å². The first-order valence-electron chi connectivity index (χ1n) is 6.44. The maximum Gasteiger partial charge on any atom is 0.0543 e. The Hall–Kier alpha value is -0.470. The van der Waals surface area contributed by atoms with Crippen LogP contribution in [0.15, 0.2) is 24.3 Å². The Morgan fingerprint density at radius 1 is 1.50 bits per heavy atom. The van der Waals surface area contributed by atoms with Gasteiger partial charge in [0.15, 0.2) is 0 Å².